The van der Waals surface area contributed by atoms with Crippen LogP contribution in [0.3, 0.4) is 0 Å². The Balaban J connectivity index is 2.23. The standard InChI is InChI=1S/C12H24N2O3/c1-4-17-12(16)7-11(15)9-14-6-5-10(8-14)13(2)3/h10-11,15H,4-9H2,1-3H3. The van der Waals surface area contributed by atoms with Gasteiger partial charge in [-0.2, -0.15) is 0 Å². The molecule has 0 aromatic rings. The molecule has 1 rings (SSSR count). The van der Waals surface area contributed by atoms with Crippen LogP contribution in [-0.2, 0) is 9.53 Å². The summed E-state index contributed by atoms with van der Waals surface area (Å²) in [6, 6.07) is 0.560. The summed E-state index contributed by atoms with van der Waals surface area (Å²) in [5, 5.41) is 9.78. The lowest BCUT2D eigenvalue weighted by molar-refractivity contribution is -0.145. The number of nitrogens with zero attached hydrogens (tertiary/aromatic N) is 2. The Bertz CT molecular complexity index is 246. The maximum Gasteiger partial charge on any atom is 0.308 e. The van der Waals surface area contributed by atoms with Gasteiger partial charge in [-0.3, -0.25) is 9.69 Å². The number of aliphatic hydroxyl groups is 1. The van der Waals surface area contributed by atoms with Crippen LogP contribution in [0.2, 0.25) is 0 Å². The summed E-state index contributed by atoms with van der Waals surface area (Å²) < 4.78 is 4.81. The number of aliphatic hydroxyl groups excluding tert-OH is 1. The highest BCUT2D eigenvalue weighted by Gasteiger charge is 2.26. The fraction of sp³-hybridized carbons (Fsp3) is 0.917. The molecule has 0 aliphatic carbocycles. The molecule has 1 aliphatic heterocycles. The summed E-state index contributed by atoms with van der Waals surface area (Å²) in [6.45, 7) is 4.66. The van der Waals surface area contributed by atoms with Gasteiger partial charge in [0, 0.05) is 19.1 Å². The zero-order valence-electron chi connectivity index (χ0n) is 11.1. The molecule has 17 heavy (non-hydrogen) atoms. The molecule has 1 N–H and O–H groups in total. The lowest BCUT2D eigenvalue weighted by Gasteiger charge is -2.22. The number of β-amino-alcohol motifs (C(OH)–C–C–N with tert-alkyl or cyclic N) is 1. The molecule has 0 radical (unpaired) electrons. The number of likely N-dealkylation sites (tertiary alicyclic amines) is 1. The van der Waals surface area contributed by atoms with Gasteiger partial charge < -0.3 is 14.7 Å². The second-order valence-electron chi connectivity index (χ2n) is 4.83. The van der Waals surface area contributed by atoms with Crippen molar-refractivity contribution in [2.75, 3.05) is 40.3 Å². The van der Waals surface area contributed by atoms with Crippen LogP contribution < -0.4 is 0 Å². The normalized spacial score (nSPS) is 23.0. The van der Waals surface area contributed by atoms with Crippen molar-refractivity contribution >= 4 is 5.97 Å². The molecule has 0 aromatic carbocycles. The van der Waals surface area contributed by atoms with E-state index in [0.717, 1.165) is 19.5 Å². The van der Waals surface area contributed by atoms with Crippen molar-refractivity contribution in [2.45, 2.75) is 31.9 Å². The fourth-order valence-corrected chi connectivity index (χ4v) is 2.17. The van der Waals surface area contributed by atoms with Crippen LogP contribution in [0.5, 0.6) is 0 Å². The predicted octanol–water partition coefficient (Wildman–Crippen LogP) is -0.0636. The van der Waals surface area contributed by atoms with Gasteiger partial charge in [-0.25, -0.2) is 0 Å². The summed E-state index contributed by atoms with van der Waals surface area (Å²) in [5.74, 6) is -0.316. The van der Waals surface area contributed by atoms with Gasteiger partial charge in [0.2, 0.25) is 0 Å². The molecule has 0 aromatic heterocycles. The van der Waals surface area contributed by atoms with Crippen molar-refractivity contribution < 1.29 is 14.6 Å². The highest BCUT2D eigenvalue weighted by atomic mass is 16.5. The number of ether oxygens (including phenoxy) is 1. The smallest absolute Gasteiger partial charge is 0.308 e. The van der Waals surface area contributed by atoms with E-state index >= 15 is 0 Å². The average molecular weight is 244 g/mol. The Hall–Kier alpha value is -0.650. The molecule has 0 bridgehead atoms. The van der Waals surface area contributed by atoms with Gasteiger partial charge in [0.25, 0.3) is 0 Å². The molecule has 5 heteroatoms. The summed E-state index contributed by atoms with van der Waals surface area (Å²) in [4.78, 5) is 15.6. The van der Waals surface area contributed by atoms with Gasteiger partial charge in [0.15, 0.2) is 0 Å². The minimum absolute atomic E-state index is 0.0942. The van der Waals surface area contributed by atoms with Gasteiger partial charge in [0.05, 0.1) is 19.1 Å². The van der Waals surface area contributed by atoms with E-state index in [9.17, 15) is 9.90 Å². The van der Waals surface area contributed by atoms with E-state index in [1.54, 1.807) is 6.92 Å². The summed E-state index contributed by atoms with van der Waals surface area (Å²) in [5.41, 5.74) is 0. The lowest BCUT2D eigenvalue weighted by Crippen LogP contribution is -2.36. The molecule has 1 saturated heterocycles. The second kappa shape index (κ2) is 6.93. The van der Waals surface area contributed by atoms with Gasteiger partial charge in [-0.1, -0.05) is 0 Å². The van der Waals surface area contributed by atoms with Crippen LogP contribution in [-0.4, -0.2) is 73.4 Å². The van der Waals surface area contributed by atoms with E-state index in [0.29, 0.717) is 19.2 Å². The quantitative estimate of drug-likeness (QED) is 0.663. The van der Waals surface area contributed by atoms with Gasteiger partial charge in [0.1, 0.15) is 0 Å². The molecule has 0 saturated carbocycles. The van der Waals surface area contributed by atoms with E-state index in [-0.39, 0.29) is 12.4 Å². The first kappa shape index (κ1) is 14.4. The third-order valence-corrected chi connectivity index (χ3v) is 3.15. The molecule has 1 fully saturated rings. The molecule has 1 aliphatic rings. The van der Waals surface area contributed by atoms with Crippen LogP contribution in [0, 0.1) is 0 Å². The van der Waals surface area contributed by atoms with Crippen LogP contribution in [0.15, 0.2) is 0 Å². The number of hydrogen-bond acceptors (Lipinski definition) is 5. The molecule has 2 atom stereocenters. The Kier molecular flexibility index (Phi) is 5.88. The zero-order valence-corrected chi connectivity index (χ0v) is 11.1. The molecule has 0 spiro atoms. The lowest BCUT2D eigenvalue weighted by atomic mass is 10.2. The Morgan fingerprint density at radius 2 is 2.29 bits per heavy atom. The van der Waals surface area contributed by atoms with E-state index in [2.05, 4.69) is 23.9 Å². The summed E-state index contributed by atoms with van der Waals surface area (Å²) in [6.07, 6.45) is 0.603. The third kappa shape index (κ3) is 5.02. The van der Waals surface area contributed by atoms with Crippen molar-refractivity contribution in [2.24, 2.45) is 0 Å². The number of likely N-dealkylation sites (N-methyl/N-ethyl adjacent to an activating group) is 1. The van der Waals surface area contributed by atoms with Gasteiger partial charge >= 0.3 is 5.97 Å². The minimum atomic E-state index is -0.616. The summed E-state index contributed by atoms with van der Waals surface area (Å²) >= 11 is 0. The molecular weight excluding hydrogens is 220 g/mol. The molecular formula is C12H24N2O3. The van der Waals surface area contributed by atoms with E-state index < -0.39 is 6.10 Å². The highest BCUT2D eigenvalue weighted by Crippen LogP contribution is 2.13. The first-order chi connectivity index (χ1) is 8.02. The van der Waals surface area contributed by atoms with Crippen molar-refractivity contribution in [3.05, 3.63) is 0 Å². The first-order valence-corrected chi connectivity index (χ1v) is 6.25. The van der Waals surface area contributed by atoms with E-state index in [4.69, 9.17) is 4.74 Å². The van der Waals surface area contributed by atoms with Crippen molar-refractivity contribution in [3.63, 3.8) is 0 Å². The monoisotopic (exact) mass is 244 g/mol. The number of esters is 1. The first-order valence-electron chi connectivity index (χ1n) is 6.25. The van der Waals surface area contributed by atoms with Crippen molar-refractivity contribution in [1.82, 2.24) is 9.80 Å². The second-order valence-corrected chi connectivity index (χ2v) is 4.83. The molecule has 100 valence electrons. The Morgan fingerprint density at radius 3 is 2.82 bits per heavy atom. The average Bonchev–Trinajstić information content (AvgIpc) is 2.66. The van der Waals surface area contributed by atoms with E-state index in [1.165, 1.54) is 0 Å². The maximum absolute atomic E-state index is 11.2. The molecule has 2 unspecified atom stereocenters. The Morgan fingerprint density at radius 1 is 1.59 bits per heavy atom. The number of hydrogen-bond donors (Lipinski definition) is 1. The fourth-order valence-electron chi connectivity index (χ4n) is 2.17. The third-order valence-electron chi connectivity index (χ3n) is 3.15. The number of carbonyl (C=O) groups is 1. The van der Waals surface area contributed by atoms with Crippen LogP contribution in [0.4, 0.5) is 0 Å². The highest BCUT2D eigenvalue weighted by molar-refractivity contribution is 5.69. The predicted molar refractivity (Wildman–Crippen MR) is 65.8 cm³/mol. The van der Waals surface area contributed by atoms with E-state index in [1.807, 2.05) is 0 Å². The Labute approximate surface area is 103 Å². The van der Waals surface area contributed by atoms with Gasteiger partial charge in [-0.15, -0.1) is 0 Å². The van der Waals surface area contributed by atoms with Gasteiger partial charge in [-0.05, 0) is 34.0 Å². The maximum atomic E-state index is 11.2. The zero-order chi connectivity index (χ0) is 12.8. The molecule has 5 nitrogen and oxygen atoms in total. The van der Waals surface area contributed by atoms with Crippen molar-refractivity contribution in [3.8, 4) is 0 Å². The SMILES string of the molecule is CCOC(=O)CC(O)CN1CCC(N(C)C)C1. The largest absolute Gasteiger partial charge is 0.466 e. The number of rotatable bonds is 6. The summed E-state index contributed by atoms with van der Waals surface area (Å²) in [7, 11) is 4.15. The minimum Gasteiger partial charge on any atom is -0.466 e. The molecule has 0 amide bonds. The van der Waals surface area contributed by atoms with Crippen LogP contribution >= 0.6 is 0 Å². The molecule has 1 heterocycles. The van der Waals surface area contributed by atoms with Crippen molar-refractivity contribution in [1.29, 1.82) is 0 Å². The van der Waals surface area contributed by atoms with Crippen LogP contribution in [0.25, 0.3) is 0 Å². The topological polar surface area (TPSA) is 53.0 Å². The van der Waals surface area contributed by atoms with Crippen LogP contribution in [0.1, 0.15) is 19.8 Å². The number of carbonyl (C=O) groups excluding carboxylic acids is 1.